The number of amides is 4. The number of nitrogens with zero attached hydrogens (tertiary/aromatic N) is 2. The summed E-state index contributed by atoms with van der Waals surface area (Å²) in [5.74, 6) is -3.57. The lowest BCUT2D eigenvalue weighted by molar-refractivity contribution is -0.250. The van der Waals surface area contributed by atoms with Crippen LogP contribution in [0.5, 0.6) is 0 Å². The summed E-state index contributed by atoms with van der Waals surface area (Å²) in [5, 5.41) is 4.02. The molecule has 4 rings (SSSR count). The minimum Gasteiger partial charge on any atom is -0.361 e. The Kier molecular flexibility index (Phi) is 4.93. The third-order valence-electron chi connectivity index (χ3n) is 6.14. The second-order valence-electron chi connectivity index (χ2n) is 8.40. The number of morpholine rings is 1. The molecule has 2 saturated heterocycles. The lowest BCUT2D eigenvalue weighted by Crippen LogP contribution is -2.77. The zero-order valence-corrected chi connectivity index (χ0v) is 16.9. The number of ether oxygens (including phenoxy) is 1. The van der Waals surface area contributed by atoms with Crippen LogP contribution in [-0.2, 0) is 20.7 Å². The average Bonchev–Trinajstić information content (AvgIpc) is 2.69. The molecule has 4 amide bonds. The van der Waals surface area contributed by atoms with Gasteiger partial charge in [-0.15, -0.1) is 0 Å². The number of imide groups is 2. The number of benzene rings is 1. The van der Waals surface area contributed by atoms with Crippen molar-refractivity contribution in [3.05, 3.63) is 34.9 Å². The van der Waals surface area contributed by atoms with E-state index < -0.39 is 72.4 Å². The number of fused-ring (bicyclic) bond motifs is 4. The largest absolute Gasteiger partial charge is 0.416 e. The highest BCUT2D eigenvalue weighted by Crippen LogP contribution is 2.50. The molecule has 170 valence electrons. The first-order valence-electron chi connectivity index (χ1n) is 9.75. The fourth-order valence-corrected chi connectivity index (χ4v) is 4.81. The molecule has 2 fully saturated rings. The molecule has 0 radical (unpaired) electrons. The predicted octanol–water partition coefficient (Wildman–Crippen LogP) is 2.45. The van der Waals surface area contributed by atoms with Gasteiger partial charge in [0.1, 0.15) is 5.82 Å². The van der Waals surface area contributed by atoms with Crippen LogP contribution in [0.15, 0.2) is 12.1 Å². The summed E-state index contributed by atoms with van der Waals surface area (Å²) in [6, 6.07) is -0.249. The molecule has 0 aromatic heterocycles. The maximum absolute atomic E-state index is 15.1. The monoisotopic (exact) mass is 454 g/mol. The van der Waals surface area contributed by atoms with Crippen molar-refractivity contribution >= 4 is 29.2 Å². The van der Waals surface area contributed by atoms with Crippen LogP contribution in [0.3, 0.4) is 0 Å². The van der Waals surface area contributed by atoms with Gasteiger partial charge in [-0.25, -0.2) is 14.0 Å². The molecular formula is C20H18F4N4O4. The van der Waals surface area contributed by atoms with Crippen molar-refractivity contribution in [3.8, 4) is 0 Å². The molecule has 1 spiro atoms. The van der Waals surface area contributed by atoms with Gasteiger partial charge < -0.3 is 9.64 Å². The van der Waals surface area contributed by atoms with Gasteiger partial charge >= 0.3 is 12.2 Å². The number of hydrogen-bond acceptors (Lipinski definition) is 5. The molecule has 3 heterocycles. The van der Waals surface area contributed by atoms with Crippen molar-refractivity contribution in [2.45, 2.75) is 44.7 Å². The molecule has 3 atom stereocenters. The van der Waals surface area contributed by atoms with E-state index in [2.05, 4.69) is 4.85 Å². The van der Waals surface area contributed by atoms with Gasteiger partial charge in [0.25, 0.3) is 0 Å². The van der Waals surface area contributed by atoms with Crippen molar-refractivity contribution in [3.63, 3.8) is 0 Å². The number of hydrogen-bond donors (Lipinski definition) is 2. The molecule has 1 aromatic carbocycles. The fourth-order valence-electron chi connectivity index (χ4n) is 4.81. The number of alkyl halides is 3. The summed E-state index contributed by atoms with van der Waals surface area (Å²) in [7, 11) is 0. The van der Waals surface area contributed by atoms with Crippen LogP contribution in [0.1, 0.15) is 19.4 Å². The van der Waals surface area contributed by atoms with Crippen LogP contribution in [0.4, 0.5) is 33.7 Å². The molecular weight excluding hydrogens is 436 g/mol. The fraction of sp³-hybridized carbons (Fsp3) is 0.500. The predicted molar refractivity (Wildman–Crippen MR) is 101 cm³/mol. The quantitative estimate of drug-likeness (QED) is 0.387. The number of urea groups is 1. The third kappa shape index (κ3) is 3.10. The van der Waals surface area contributed by atoms with E-state index >= 15 is 4.39 Å². The summed E-state index contributed by atoms with van der Waals surface area (Å²) in [6.45, 7) is 9.42. The van der Waals surface area contributed by atoms with Crippen molar-refractivity contribution in [2.24, 2.45) is 11.3 Å². The number of carbonyl (C=O) groups is 3. The van der Waals surface area contributed by atoms with E-state index in [0.29, 0.717) is 0 Å². The van der Waals surface area contributed by atoms with E-state index in [0.717, 1.165) is 11.0 Å². The second-order valence-corrected chi connectivity index (χ2v) is 8.40. The Labute approximate surface area is 179 Å². The topological polar surface area (TPSA) is 92.1 Å². The molecule has 0 aliphatic carbocycles. The molecule has 0 unspecified atom stereocenters. The van der Waals surface area contributed by atoms with Crippen molar-refractivity contribution in [1.82, 2.24) is 10.6 Å². The zero-order chi connectivity index (χ0) is 23.6. The van der Waals surface area contributed by atoms with Gasteiger partial charge in [-0.2, -0.15) is 13.2 Å². The molecule has 1 aromatic rings. The van der Waals surface area contributed by atoms with Crippen LogP contribution >= 0.6 is 0 Å². The first kappa shape index (κ1) is 22.0. The highest BCUT2D eigenvalue weighted by atomic mass is 19.4. The molecule has 0 saturated carbocycles. The van der Waals surface area contributed by atoms with Crippen molar-refractivity contribution in [2.75, 3.05) is 11.4 Å². The van der Waals surface area contributed by atoms with Crippen molar-refractivity contribution in [1.29, 1.82) is 0 Å². The molecule has 8 nitrogen and oxygen atoms in total. The van der Waals surface area contributed by atoms with E-state index in [1.165, 1.54) is 6.07 Å². The number of anilines is 1. The van der Waals surface area contributed by atoms with Gasteiger partial charge in [0.05, 0.1) is 31.0 Å². The minimum atomic E-state index is -4.79. The number of barbiturate groups is 1. The highest BCUT2D eigenvalue weighted by Gasteiger charge is 2.66. The molecule has 3 aliphatic heterocycles. The van der Waals surface area contributed by atoms with Crippen LogP contribution in [-0.4, -0.2) is 48.8 Å². The Morgan fingerprint density at radius 2 is 1.84 bits per heavy atom. The first-order valence-corrected chi connectivity index (χ1v) is 9.75. The van der Waals surface area contributed by atoms with Gasteiger partial charge in [0, 0.05) is 0 Å². The number of halogens is 4. The zero-order valence-electron chi connectivity index (χ0n) is 16.9. The second kappa shape index (κ2) is 7.16. The highest BCUT2D eigenvalue weighted by molar-refractivity contribution is 6.20. The number of nitrogens with one attached hydrogen (secondary N) is 2. The van der Waals surface area contributed by atoms with Gasteiger partial charge in [0.2, 0.25) is 11.8 Å². The first-order chi connectivity index (χ1) is 14.9. The van der Waals surface area contributed by atoms with Crippen LogP contribution < -0.4 is 15.5 Å². The third-order valence-corrected chi connectivity index (χ3v) is 6.14. The molecule has 3 aliphatic rings. The Morgan fingerprint density at radius 3 is 2.38 bits per heavy atom. The standard InChI is InChI=1S/C20H18F4N4O4/c1-8(2)14-15-19(16(29)26-18(31)27-17(19)30)6-9-4-10(25-3)5-11(21)13(9)28(15)7-12(32-14)20(22,23)24/h4-5,8,12,14-15H,6-7H2,1-2H3,(H2,26,27,29,30,31)/t12-,14-,15+/m0/s1. The Morgan fingerprint density at radius 1 is 1.22 bits per heavy atom. The van der Waals surface area contributed by atoms with E-state index in [4.69, 9.17) is 11.3 Å². The Hall–Kier alpha value is -3.20. The van der Waals surface area contributed by atoms with Gasteiger partial charge in [0.15, 0.2) is 17.2 Å². The maximum Gasteiger partial charge on any atom is 0.416 e. The average molecular weight is 454 g/mol. The molecule has 0 bridgehead atoms. The van der Waals surface area contributed by atoms with E-state index in [9.17, 15) is 27.6 Å². The summed E-state index contributed by atoms with van der Waals surface area (Å²) < 4.78 is 61.5. The maximum atomic E-state index is 15.1. The lowest BCUT2D eigenvalue weighted by Gasteiger charge is -2.57. The van der Waals surface area contributed by atoms with E-state index in [1.54, 1.807) is 13.8 Å². The minimum absolute atomic E-state index is 0.0252. The molecule has 12 heteroatoms. The van der Waals surface area contributed by atoms with Crippen LogP contribution in [0, 0.1) is 23.7 Å². The summed E-state index contributed by atoms with van der Waals surface area (Å²) in [6.07, 6.45) is -8.81. The lowest BCUT2D eigenvalue weighted by atomic mass is 9.65. The van der Waals surface area contributed by atoms with Gasteiger partial charge in [-0.05, 0) is 24.0 Å². The Bertz CT molecular complexity index is 1040. The SMILES string of the molecule is [C-]#[N+]c1cc(F)c2c(c1)CC1(C(=O)NC(=O)NC1=O)[C@H]1[C@H](C(C)C)O[C@H](C(F)(F)F)CN21. The summed E-state index contributed by atoms with van der Waals surface area (Å²) >= 11 is 0. The summed E-state index contributed by atoms with van der Waals surface area (Å²) in [4.78, 5) is 42.1. The molecule has 2 N–H and O–H groups in total. The van der Waals surface area contributed by atoms with Crippen molar-refractivity contribution < 1.29 is 36.7 Å². The van der Waals surface area contributed by atoms with Crippen LogP contribution in [0.2, 0.25) is 0 Å². The number of rotatable bonds is 1. The van der Waals surface area contributed by atoms with E-state index in [1.807, 2.05) is 10.6 Å². The summed E-state index contributed by atoms with van der Waals surface area (Å²) in [5.41, 5.74) is -2.39. The Balaban J connectivity index is 1.99. The van der Waals surface area contributed by atoms with Gasteiger partial charge in [-0.3, -0.25) is 20.2 Å². The molecule has 32 heavy (non-hydrogen) atoms. The normalized spacial score (nSPS) is 26.9. The van der Waals surface area contributed by atoms with E-state index in [-0.39, 0.29) is 16.9 Å². The smallest absolute Gasteiger partial charge is 0.361 e. The van der Waals surface area contributed by atoms with Gasteiger partial charge in [-0.1, -0.05) is 19.9 Å². The number of carbonyl (C=O) groups excluding carboxylic acids is 3. The van der Waals surface area contributed by atoms with Crippen LogP contribution in [0.25, 0.3) is 4.85 Å².